The molecule has 3 rings (SSSR count). The van der Waals surface area contributed by atoms with E-state index in [9.17, 15) is 14.7 Å². The van der Waals surface area contributed by atoms with Crippen LogP contribution in [-0.2, 0) is 11.3 Å². The summed E-state index contributed by atoms with van der Waals surface area (Å²) < 4.78 is 16.6. The molecule has 0 spiro atoms. The lowest BCUT2D eigenvalue weighted by Gasteiger charge is -2.22. The summed E-state index contributed by atoms with van der Waals surface area (Å²) in [6.45, 7) is 5.76. The van der Waals surface area contributed by atoms with Gasteiger partial charge in [0, 0.05) is 12.0 Å². The summed E-state index contributed by atoms with van der Waals surface area (Å²) in [4.78, 5) is 25.3. The van der Waals surface area contributed by atoms with Gasteiger partial charge in [0.1, 0.15) is 23.7 Å². The normalized spacial score (nSPS) is 13.0. The second kappa shape index (κ2) is 7.31. The summed E-state index contributed by atoms with van der Waals surface area (Å²) in [6, 6.07) is 6.74. The summed E-state index contributed by atoms with van der Waals surface area (Å²) in [6.07, 6.45) is 0.257. The Bertz CT molecular complexity index is 913. The van der Waals surface area contributed by atoms with Crippen LogP contribution in [0.4, 0.5) is 0 Å². The van der Waals surface area contributed by atoms with Gasteiger partial charge in [-0.05, 0) is 31.0 Å². The number of carbonyl (C=O) groups is 2. The predicted octanol–water partition coefficient (Wildman–Crippen LogP) is 4.40. The van der Waals surface area contributed by atoms with Gasteiger partial charge in [-0.15, -0.1) is 0 Å². The molecule has 0 bridgehead atoms. The summed E-state index contributed by atoms with van der Waals surface area (Å²) in [7, 11) is 1.36. The van der Waals surface area contributed by atoms with Gasteiger partial charge in [-0.2, -0.15) is 0 Å². The lowest BCUT2D eigenvalue weighted by atomic mass is 9.97. The van der Waals surface area contributed by atoms with Crippen LogP contribution in [0, 0.1) is 12.8 Å². The molecule has 1 heterocycles. The van der Waals surface area contributed by atoms with Crippen molar-refractivity contribution in [3.05, 3.63) is 46.5 Å². The summed E-state index contributed by atoms with van der Waals surface area (Å²) in [5, 5.41) is 10.5. The molecule has 0 atom stereocenters. The second-order valence-electron chi connectivity index (χ2n) is 6.99. The van der Waals surface area contributed by atoms with Crippen LogP contribution in [0.1, 0.15) is 52.1 Å². The average Bonchev–Trinajstić information content (AvgIpc) is 2.60. The molecule has 6 heteroatoms. The average molecular weight is 370 g/mol. The van der Waals surface area contributed by atoms with Crippen LogP contribution in [0.15, 0.2) is 24.3 Å². The fourth-order valence-corrected chi connectivity index (χ4v) is 3.07. The molecule has 2 aromatic rings. The van der Waals surface area contributed by atoms with Crippen molar-refractivity contribution < 1.29 is 28.9 Å². The summed E-state index contributed by atoms with van der Waals surface area (Å²) in [5.41, 5.74) is 1.72. The molecule has 0 unspecified atom stereocenters. The summed E-state index contributed by atoms with van der Waals surface area (Å²) >= 11 is 0. The fraction of sp³-hybridized carbons (Fsp3) is 0.333. The highest BCUT2D eigenvalue weighted by molar-refractivity contribution is 6.06. The predicted molar refractivity (Wildman–Crippen MR) is 98.8 cm³/mol. The smallest absolute Gasteiger partial charge is 0.346 e. The van der Waals surface area contributed by atoms with Crippen molar-refractivity contribution in [3.63, 3.8) is 0 Å². The van der Waals surface area contributed by atoms with Gasteiger partial charge < -0.3 is 19.3 Å². The lowest BCUT2D eigenvalue weighted by molar-refractivity contribution is 0.0454. The second-order valence-corrected chi connectivity index (χ2v) is 6.99. The molecule has 6 nitrogen and oxygen atoms in total. The van der Waals surface area contributed by atoms with Gasteiger partial charge in [-0.1, -0.05) is 25.5 Å². The molecule has 2 aromatic carbocycles. The number of Topliss-reactive ketones (excluding diaryl/α,β-unsaturated/α-hetero) is 1. The molecule has 1 aliphatic rings. The van der Waals surface area contributed by atoms with E-state index >= 15 is 0 Å². The highest BCUT2D eigenvalue weighted by Crippen LogP contribution is 2.45. The fourth-order valence-electron chi connectivity index (χ4n) is 3.07. The first-order chi connectivity index (χ1) is 12.8. The van der Waals surface area contributed by atoms with Gasteiger partial charge in [-0.25, -0.2) is 4.79 Å². The van der Waals surface area contributed by atoms with Gasteiger partial charge in [0.2, 0.25) is 0 Å². The maximum Gasteiger partial charge on any atom is 0.346 e. The van der Waals surface area contributed by atoms with Crippen molar-refractivity contribution in [2.45, 2.75) is 33.8 Å². The Kier molecular flexibility index (Phi) is 5.08. The number of esters is 1. The number of methoxy groups -OCH3 is 1. The minimum absolute atomic E-state index is 0.0172. The number of benzene rings is 2. The van der Waals surface area contributed by atoms with E-state index in [0.29, 0.717) is 11.3 Å². The first kappa shape index (κ1) is 18.8. The van der Waals surface area contributed by atoms with Gasteiger partial charge in [0.15, 0.2) is 17.3 Å². The van der Waals surface area contributed by atoms with Crippen molar-refractivity contribution in [3.8, 4) is 23.0 Å². The van der Waals surface area contributed by atoms with Crippen LogP contribution >= 0.6 is 0 Å². The largest absolute Gasteiger partial charge is 0.504 e. The van der Waals surface area contributed by atoms with Crippen LogP contribution in [0.3, 0.4) is 0 Å². The molecule has 142 valence electrons. The zero-order valence-electron chi connectivity index (χ0n) is 15.8. The number of phenols is 1. The molecular formula is C21H22O6. The van der Waals surface area contributed by atoms with Gasteiger partial charge in [0.25, 0.3) is 0 Å². The number of cyclic esters (lactones) is 1. The third-order valence-electron chi connectivity index (χ3n) is 4.30. The topological polar surface area (TPSA) is 82.1 Å². The van der Waals surface area contributed by atoms with Crippen LogP contribution in [0.25, 0.3) is 0 Å². The van der Waals surface area contributed by atoms with Crippen LogP contribution in [-0.4, -0.2) is 24.0 Å². The number of aromatic hydroxyl groups is 1. The minimum atomic E-state index is -0.719. The SMILES string of the molecule is COc1c(C(=O)CC(C)C)cc(O)c2c1C(=O)OCc1cc(C)ccc1O2. The van der Waals surface area contributed by atoms with E-state index < -0.39 is 5.97 Å². The molecule has 0 aromatic heterocycles. The molecule has 1 N–H and O–H groups in total. The highest BCUT2D eigenvalue weighted by atomic mass is 16.5. The number of rotatable bonds is 4. The lowest BCUT2D eigenvalue weighted by Crippen LogP contribution is -2.15. The highest BCUT2D eigenvalue weighted by Gasteiger charge is 2.31. The van der Waals surface area contributed by atoms with Crippen LogP contribution in [0.5, 0.6) is 23.0 Å². The van der Waals surface area contributed by atoms with E-state index in [1.54, 1.807) is 6.07 Å². The molecule has 1 aliphatic heterocycles. The molecule has 0 saturated carbocycles. The number of phenolic OH excluding ortho intramolecular Hbond substituents is 1. The number of ether oxygens (including phenoxy) is 3. The molecule has 0 saturated heterocycles. The zero-order valence-corrected chi connectivity index (χ0v) is 15.8. The number of aryl methyl sites for hydroxylation is 1. The molecule has 27 heavy (non-hydrogen) atoms. The van der Waals surface area contributed by atoms with E-state index in [1.807, 2.05) is 32.9 Å². The van der Waals surface area contributed by atoms with Crippen LogP contribution in [0.2, 0.25) is 0 Å². The number of carbonyl (C=O) groups excluding carboxylic acids is 2. The van der Waals surface area contributed by atoms with E-state index in [0.717, 1.165) is 5.56 Å². The standard InChI is InChI=1S/C21H22O6/c1-11(2)7-15(22)14-9-16(23)20-18(19(14)25-4)21(24)26-10-13-8-12(3)5-6-17(13)27-20/h5-6,8-9,11,23H,7,10H2,1-4H3. The number of ketones is 1. The van der Waals surface area contributed by atoms with Crippen molar-refractivity contribution in [1.29, 1.82) is 0 Å². The number of hydrogen-bond acceptors (Lipinski definition) is 6. The minimum Gasteiger partial charge on any atom is -0.504 e. The van der Waals surface area contributed by atoms with E-state index in [2.05, 4.69) is 0 Å². The van der Waals surface area contributed by atoms with E-state index in [-0.39, 0.29) is 53.1 Å². The van der Waals surface area contributed by atoms with Crippen molar-refractivity contribution >= 4 is 11.8 Å². The van der Waals surface area contributed by atoms with Crippen LogP contribution < -0.4 is 9.47 Å². The Morgan fingerprint density at radius 1 is 1.30 bits per heavy atom. The quantitative estimate of drug-likeness (QED) is 0.634. The molecular weight excluding hydrogens is 348 g/mol. The Morgan fingerprint density at radius 3 is 2.70 bits per heavy atom. The van der Waals surface area contributed by atoms with Crippen molar-refractivity contribution in [2.24, 2.45) is 5.92 Å². The molecule has 0 radical (unpaired) electrons. The first-order valence-electron chi connectivity index (χ1n) is 8.73. The zero-order chi connectivity index (χ0) is 19.7. The van der Waals surface area contributed by atoms with Crippen molar-refractivity contribution in [1.82, 2.24) is 0 Å². The monoisotopic (exact) mass is 370 g/mol. The Balaban J connectivity index is 2.18. The first-order valence-corrected chi connectivity index (χ1v) is 8.73. The molecule has 0 aliphatic carbocycles. The molecule has 0 amide bonds. The van der Waals surface area contributed by atoms with E-state index in [1.165, 1.54) is 13.2 Å². The molecule has 0 fully saturated rings. The van der Waals surface area contributed by atoms with Gasteiger partial charge in [0.05, 0.1) is 12.7 Å². The Hall–Kier alpha value is -3.02. The van der Waals surface area contributed by atoms with Gasteiger partial charge >= 0.3 is 5.97 Å². The third-order valence-corrected chi connectivity index (χ3v) is 4.30. The Morgan fingerprint density at radius 2 is 2.04 bits per heavy atom. The number of hydrogen-bond donors (Lipinski definition) is 1. The maximum absolute atomic E-state index is 12.7. The Labute approximate surface area is 157 Å². The number of fused-ring (bicyclic) bond motifs is 2. The maximum atomic E-state index is 12.7. The summed E-state index contributed by atoms with van der Waals surface area (Å²) in [5.74, 6) is -0.716. The third kappa shape index (κ3) is 3.60. The van der Waals surface area contributed by atoms with Crippen molar-refractivity contribution in [2.75, 3.05) is 7.11 Å². The van der Waals surface area contributed by atoms with Gasteiger partial charge in [-0.3, -0.25) is 4.79 Å². The van der Waals surface area contributed by atoms with E-state index in [4.69, 9.17) is 14.2 Å².